The highest BCUT2D eigenvalue weighted by Gasteiger charge is 2.52. The summed E-state index contributed by atoms with van der Waals surface area (Å²) in [5.41, 5.74) is 21.1. The van der Waals surface area contributed by atoms with Crippen molar-refractivity contribution < 1.29 is 0 Å². The Labute approximate surface area is 417 Å². The van der Waals surface area contributed by atoms with Gasteiger partial charge in [0.2, 0.25) is 0 Å². The van der Waals surface area contributed by atoms with Gasteiger partial charge in [0, 0.05) is 32.5 Å². The predicted octanol–water partition coefficient (Wildman–Crippen LogP) is 18.0. The van der Waals surface area contributed by atoms with Gasteiger partial charge in [-0.2, -0.15) is 0 Å². The number of anilines is 6. The van der Waals surface area contributed by atoms with Crippen LogP contribution in [0.2, 0.25) is 0 Å². The molecule has 1 aliphatic heterocycles. The van der Waals surface area contributed by atoms with Gasteiger partial charge in [-0.25, -0.2) is 0 Å². The molecule has 0 saturated heterocycles. The number of benzene rings is 11. The monoisotopic (exact) mass is 920 g/mol. The molecule has 71 heavy (non-hydrogen) atoms. The molecule has 0 fully saturated rings. The minimum Gasteiger partial charge on any atom is -0.310 e. The number of nitrogens with zero attached hydrogens (tertiary/aromatic N) is 2. The van der Waals surface area contributed by atoms with Gasteiger partial charge in [-0.1, -0.05) is 206 Å². The molecule has 3 aliphatic rings. The Kier molecular flexibility index (Phi) is 8.69. The van der Waals surface area contributed by atoms with Gasteiger partial charge in [0.1, 0.15) is 0 Å². The molecular formula is C68H44N2S. The maximum absolute atomic E-state index is 2.57. The highest BCUT2D eigenvalue weighted by Crippen LogP contribution is 2.64. The minimum atomic E-state index is -0.606. The van der Waals surface area contributed by atoms with Crippen molar-refractivity contribution in [2.24, 2.45) is 0 Å². The number of hydrogen-bond donors (Lipinski definition) is 0. The number of hydrogen-bond acceptors (Lipinski definition) is 3. The number of fused-ring (bicyclic) bond motifs is 15. The first-order valence-electron chi connectivity index (χ1n) is 24.6. The van der Waals surface area contributed by atoms with Crippen molar-refractivity contribution in [3.8, 4) is 22.3 Å². The first-order chi connectivity index (χ1) is 35.2. The third kappa shape index (κ3) is 5.47. The van der Waals surface area contributed by atoms with Crippen LogP contribution in [0, 0.1) is 0 Å². The molecule has 0 N–H and O–H groups in total. The highest BCUT2D eigenvalue weighted by atomic mass is 32.1. The van der Waals surface area contributed by atoms with Gasteiger partial charge in [-0.05, 0) is 127 Å². The zero-order valence-electron chi connectivity index (χ0n) is 38.7. The second-order valence-electron chi connectivity index (χ2n) is 19.1. The largest absolute Gasteiger partial charge is 0.310 e. The van der Waals surface area contributed by atoms with E-state index in [1.807, 2.05) is 11.3 Å². The van der Waals surface area contributed by atoms with Gasteiger partial charge in [-0.15, -0.1) is 11.3 Å². The third-order valence-corrected chi connectivity index (χ3v) is 16.9. The normalized spacial score (nSPS) is 14.1. The SMILES string of the molecule is c1ccc(N2c3ccccc3C3(c4ccccc4-c4ccc(N(c5ccc6c(c5)C(c5ccccc5)(c5ccccc5)c5ccccc5-6)c5cccc6c5sc5ccccc56)cc43)c3ccccc32)cc1. The van der Waals surface area contributed by atoms with Crippen LogP contribution in [0.15, 0.2) is 267 Å². The average Bonchev–Trinajstić information content (AvgIpc) is 4.07. The van der Waals surface area contributed by atoms with E-state index in [0.717, 1.165) is 22.7 Å². The van der Waals surface area contributed by atoms with Crippen LogP contribution in [0.1, 0.15) is 44.5 Å². The molecule has 11 aromatic carbocycles. The fraction of sp³-hybridized carbons (Fsp3) is 0.0294. The molecule has 0 atom stereocenters. The van der Waals surface area contributed by atoms with Gasteiger partial charge in [0.05, 0.1) is 32.6 Å². The van der Waals surface area contributed by atoms with E-state index in [0.29, 0.717) is 0 Å². The van der Waals surface area contributed by atoms with Crippen molar-refractivity contribution in [3.05, 3.63) is 311 Å². The van der Waals surface area contributed by atoms with Crippen LogP contribution in [0.25, 0.3) is 42.4 Å². The topological polar surface area (TPSA) is 6.48 Å². The van der Waals surface area contributed by atoms with E-state index in [9.17, 15) is 0 Å². The molecule has 0 bridgehead atoms. The van der Waals surface area contributed by atoms with Crippen LogP contribution < -0.4 is 9.80 Å². The molecule has 0 radical (unpaired) electrons. The van der Waals surface area contributed by atoms with Gasteiger partial charge < -0.3 is 9.80 Å². The average molecular weight is 921 g/mol. The summed E-state index contributed by atoms with van der Waals surface area (Å²) in [6.07, 6.45) is 0. The highest BCUT2D eigenvalue weighted by molar-refractivity contribution is 7.26. The zero-order valence-corrected chi connectivity index (χ0v) is 39.5. The van der Waals surface area contributed by atoms with E-state index < -0.39 is 10.8 Å². The van der Waals surface area contributed by atoms with Gasteiger partial charge >= 0.3 is 0 Å². The Morgan fingerprint density at radius 2 is 0.775 bits per heavy atom. The lowest BCUT2D eigenvalue weighted by Crippen LogP contribution is -2.36. The molecule has 0 amide bonds. The Balaban J connectivity index is 1.03. The van der Waals surface area contributed by atoms with Crippen molar-refractivity contribution in [3.63, 3.8) is 0 Å². The standard InChI is InChI=1S/C68H44N2S/c1-4-21-45(22-5-1)67(46-23-6-2-7-24-46)56-31-13-10-27-50(56)52-41-39-48(43-60(52)67)69(64-37-20-30-55-54-29-12-19-38-65(54)71-66(55)64)49-40-42-53-51-28-11-14-32-57(51)68(61(53)44-49)58-33-15-17-35-62(58)70(47-25-8-3-9-26-47)63-36-18-16-34-59(63)68/h1-44H. The van der Waals surface area contributed by atoms with Crippen LogP contribution in [-0.4, -0.2) is 0 Å². The van der Waals surface area contributed by atoms with Crippen molar-refractivity contribution >= 4 is 65.6 Å². The molecule has 3 heteroatoms. The van der Waals surface area contributed by atoms with E-state index in [2.05, 4.69) is 277 Å². The lowest BCUT2D eigenvalue weighted by Gasteiger charge is -2.45. The summed E-state index contributed by atoms with van der Waals surface area (Å²) in [4.78, 5) is 5.03. The lowest BCUT2D eigenvalue weighted by atomic mass is 9.64. The fourth-order valence-corrected chi connectivity index (χ4v) is 14.2. The summed E-state index contributed by atoms with van der Waals surface area (Å²) in [5, 5.41) is 2.55. The van der Waals surface area contributed by atoms with E-state index in [1.54, 1.807) is 0 Å². The molecule has 0 saturated carbocycles. The summed E-state index contributed by atoms with van der Waals surface area (Å²) in [5.74, 6) is 0. The summed E-state index contributed by atoms with van der Waals surface area (Å²) in [6, 6.07) is 99.9. The summed E-state index contributed by atoms with van der Waals surface area (Å²) < 4.78 is 2.55. The van der Waals surface area contributed by atoms with E-state index in [-0.39, 0.29) is 0 Å². The zero-order chi connectivity index (χ0) is 46.7. The molecule has 2 aliphatic carbocycles. The lowest BCUT2D eigenvalue weighted by molar-refractivity contribution is 0.752. The van der Waals surface area contributed by atoms with E-state index in [4.69, 9.17) is 0 Å². The van der Waals surface area contributed by atoms with Crippen molar-refractivity contribution in [2.75, 3.05) is 9.80 Å². The molecule has 2 heterocycles. The van der Waals surface area contributed by atoms with Gasteiger partial charge in [0.15, 0.2) is 0 Å². The van der Waals surface area contributed by atoms with Crippen molar-refractivity contribution in [1.29, 1.82) is 0 Å². The minimum absolute atomic E-state index is 0.552. The van der Waals surface area contributed by atoms with Crippen molar-refractivity contribution in [2.45, 2.75) is 10.8 Å². The molecule has 0 unspecified atom stereocenters. The fourth-order valence-electron chi connectivity index (χ4n) is 13.0. The molecule has 12 aromatic rings. The first-order valence-corrected chi connectivity index (χ1v) is 25.4. The van der Waals surface area contributed by atoms with Crippen LogP contribution in [0.3, 0.4) is 0 Å². The molecule has 15 rings (SSSR count). The molecule has 2 nitrogen and oxygen atoms in total. The quantitative estimate of drug-likeness (QED) is 0.164. The second-order valence-corrected chi connectivity index (χ2v) is 20.1. The Bertz CT molecular complexity index is 3990. The molecule has 1 aromatic heterocycles. The summed E-state index contributed by atoms with van der Waals surface area (Å²) in [6.45, 7) is 0. The Hall–Kier alpha value is -8.76. The number of para-hydroxylation sites is 3. The molecular weight excluding hydrogens is 877 g/mol. The van der Waals surface area contributed by atoms with E-state index in [1.165, 1.54) is 98.3 Å². The predicted molar refractivity (Wildman–Crippen MR) is 297 cm³/mol. The van der Waals surface area contributed by atoms with Gasteiger partial charge in [0.25, 0.3) is 0 Å². The smallest absolute Gasteiger partial charge is 0.0755 e. The summed E-state index contributed by atoms with van der Waals surface area (Å²) >= 11 is 1.88. The Morgan fingerprint density at radius 3 is 1.38 bits per heavy atom. The second kappa shape index (κ2) is 15.4. The van der Waals surface area contributed by atoms with Crippen LogP contribution in [0.4, 0.5) is 34.1 Å². The maximum Gasteiger partial charge on any atom is 0.0755 e. The first kappa shape index (κ1) is 40.2. The van der Waals surface area contributed by atoms with Crippen molar-refractivity contribution in [1.82, 2.24) is 0 Å². The Morgan fingerprint density at radius 1 is 0.324 bits per heavy atom. The van der Waals surface area contributed by atoms with Crippen LogP contribution in [0.5, 0.6) is 0 Å². The maximum atomic E-state index is 2.57. The molecule has 332 valence electrons. The van der Waals surface area contributed by atoms with E-state index >= 15 is 0 Å². The van der Waals surface area contributed by atoms with Gasteiger partial charge in [-0.3, -0.25) is 0 Å². The summed E-state index contributed by atoms with van der Waals surface area (Å²) in [7, 11) is 0. The number of rotatable bonds is 6. The molecule has 1 spiro atoms. The third-order valence-electron chi connectivity index (χ3n) is 15.7. The van der Waals surface area contributed by atoms with Crippen LogP contribution in [-0.2, 0) is 10.8 Å². The number of thiophene rings is 1. The van der Waals surface area contributed by atoms with Crippen LogP contribution >= 0.6 is 11.3 Å².